The second kappa shape index (κ2) is 4.97. The van der Waals surface area contributed by atoms with Gasteiger partial charge in [-0.2, -0.15) is 5.26 Å². The number of halogens is 1. The minimum absolute atomic E-state index is 0.235. The lowest BCUT2D eigenvalue weighted by Gasteiger charge is -2.18. The van der Waals surface area contributed by atoms with E-state index in [-0.39, 0.29) is 6.61 Å². The number of aliphatic hydroxyl groups is 1. The summed E-state index contributed by atoms with van der Waals surface area (Å²) in [6.45, 7) is 1.03. The lowest BCUT2D eigenvalue weighted by Crippen LogP contribution is -2.38. The molecule has 0 spiro atoms. The van der Waals surface area contributed by atoms with Crippen molar-refractivity contribution in [3.8, 4) is 11.8 Å². The van der Waals surface area contributed by atoms with Crippen LogP contribution in [0, 0.1) is 11.3 Å². The van der Waals surface area contributed by atoms with Crippen LogP contribution < -0.4 is 4.74 Å². The van der Waals surface area contributed by atoms with E-state index in [2.05, 4.69) is 0 Å². The van der Waals surface area contributed by atoms with Crippen LogP contribution >= 0.6 is 11.6 Å². The van der Waals surface area contributed by atoms with Gasteiger partial charge >= 0.3 is 0 Å². The maximum atomic E-state index is 10.8. The summed E-state index contributed by atoms with van der Waals surface area (Å²) in [5.74, 6) is 0.456. The predicted molar refractivity (Wildman–Crippen MR) is 58.1 cm³/mol. The largest absolute Gasteiger partial charge is 0.490 e. The zero-order valence-electron chi connectivity index (χ0n) is 8.61. The lowest BCUT2D eigenvalue weighted by atomic mass is 10.1. The van der Waals surface area contributed by atoms with Crippen molar-refractivity contribution in [1.82, 2.24) is 0 Å². The molecule has 0 bridgehead atoms. The minimum Gasteiger partial charge on any atom is -0.490 e. The van der Waals surface area contributed by atoms with Gasteiger partial charge in [-0.05, 0) is 42.8 Å². The second-order valence-electron chi connectivity index (χ2n) is 3.47. The Bertz CT molecular complexity index is 420. The molecule has 0 heterocycles. The summed E-state index contributed by atoms with van der Waals surface area (Å²) < 4.78 is 5.17. The molecule has 16 heavy (non-hydrogen) atoms. The highest BCUT2D eigenvalue weighted by molar-refractivity contribution is 6.65. The van der Waals surface area contributed by atoms with Crippen molar-refractivity contribution >= 4 is 16.8 Å². The van der Waals surface area contributed by atoms with Crippen molar-refractivity contribution in [2.24, 2.45) is 0 Å². The lowest BCUT2D eigenvalue weighted by molar-refractivity contribution is -0.129. The third kappa shape index (κ3) is 3.23. The highest BCUT2D eigenvalue weighted by Gasteiger charge is 2.29. The van der Waals surface area contributed by atoms with Crippen LogP contribution in [0.15, 0.2) is 24.3 Å². The van der Waals surface area contributed by atoms with Crippen LogP contribution in [0.4, 0.5) is 0 Å². The molecule has 1 rings (SSSR count). The van der Waals surface area contributed by atoms with Crippen LogP contribution in [0.5, 0.6) is 5.75 Å². The van der Waals surface area contributed by atoms with Gasteiger partial charge in [-0.1, -0.05) is 0 Å². The fourth-order valence-corrected chi connectivity index (χ4v) is 0.961. The zero-order chi connectivity index (χ0) is 12.2. The number of ether oxygens (including phenoxy) is 1. The molecule has 1 aromatic carbocycles. The quantitative estimate of drug-likeness (QED) is 0.808. The van der Waals surface area contributed by atoms with E-state index >= 15 is 0 Å². The fourth-order valence-electron chi connectivity index (χ4n) is 0.906. The van der Waals surface area contributed by atoms with Crippen molar-refractivity contribution in [2.45, 2.75) is 12.5 Å². The Balaban J connectivity index is 2.62. The first-order chi connectivity index (χ1) is 7.45. The normalized spacial score (nSPS) is 13.6. The molecule has 0 aromatic heterocycles. The van der Waals surface area contributed by atoms with E-state index in [1.807, 2.05) is 6.07 Å². The number of benzene rings is 1. The average molecular weight is 240 g/mol. The van der Waals surface area contributed by atoms with Gasteiger partial charge in [0.15, 0.2) is 5.60 Å². The molecule has 84 valence electrons. The molecular formula is C11H10ClNO3. The number of nitrogens with zero attached hydrogens (tertiary/aromatic N) is 1. The van der Waals surface area contributed by atoms with Crippen LogP contribution in [-0.2, 0) is 4.79 Å². The molecule has 4 nitrogen and oxygen atoms in total. The van der Waals surface area contributed by atoms with Crippen molar-refractivity contribution < 1.29 is 14.6 Å². The molecule has 1 aromatic rings. The first kappa shape index (κ1) is 12.5. The van der Waals surface area contributed by atoms with Crippen molar-refractivity contribution in [3.63, 3.8) is 0 Å². The van der Waals surface area contributed by atoms with Gasteiger partial charge in [0.05, 0.1) is 11.6 Å². The summed E-state index contributed by atoms with van der Waals surface area (Å²) in [4.78, 5) is 10.8. The molecule has 1 N–H and O–H groups in total. The Morgan fingerprint density at radius 3 is 2.56 bits per heavy atom. The summed E-state index contributed by atoms with van der Waals surface area (Å²) in [6.07, 6.45) is 0. The van der Waals surface area contributed by atoms with Gasteiger partial charge in [0.1, 0.15) is 12.4 Å². The maximum Gasteiger partial charge on any atom is 0.256 e. The Labute approximate surface area is 98.0 Å². The highest BCUT2D eigenvalue weighted by atomic mass is 35.5. The Hall–Kier alpha value is -1.57. The highest BCUT2D eigenvalue weighted by Crippen LogP contribution is 2.15. The second-order valence-corrected chi connectivity index (χ2v) is 3.82. The van der Waals surface area contributed by atoms with E-state index in [1.165, 1.54) is 6.92 Å². The van der Waals surface area contributed by atoms with Gasteiger partial charge in [-0.25, -0.2) is 0 Å². The van der Waals surface area contributed by atoms with Crippen LogP contribution in [0.1, 0.15) is 12.5 Å². The molecule has 0 saturated carbocycles. The van der Waals surface area contributed by atoms with Crippen molar-refractivity contribution in [3.05, 3.63) is 29.8 Å². The fraction of sp³-hybridized carbons (Fsp3) is 0.273. The monoisotopic (exact) mass is 239 g/mol. The molecule has 1 unspecified atom stereocenters. The maximum absolute atomic E-state index is 10.8. The standard InChI is InChI=1S/C11H10ClNO3/c1-11(15,10(12)14)7-16-9-4-2-8(6-13)3-5-9/h2-5,15H,7H2,1H3. The first-order valence-corrected chi connectivity index (χ1v) is 4.89. The number of nitriles is 1. The number of rotatable bonds is 4. The summed E-state index contributed by atoms with van der Waals surface area (Å²) in [5, 5.41) is 17.2. The van der Waals surface area contributed by atoms with E-state index in [0.29, 0.717) is 11.3 Å². The molecule has 0 aliphatic rings. The van der Waals surface area contributed by atoms with Crippen LogP contribution in [0.25, 0.3) is 0 Å². The van der Waals surface area contributed by atoms with Gasteiger partial charge in [-0.3, -0.25) is 4.79 Å². The molecule has 0 radical (unpaired) electrons. The van der Waals surface area contributed by atoms with Gasteiger partial charge < -0.3 is 9.84 Å². The smallest absolute Gasteiger partial charge is 0.256 e. The molecule has 0 aliphatic carbocycles. The molecule has 5 heteroatoms. The van der Waals surface area contributed by atoms with E-state index in [9.17, 15) is 9.90 Å². The van der Waals surface area contributed by atoms with E-state index in [1.54, 1.807) is 24.3 Å². The van der Waals surface area contributed by atoms with Crippen LogP contribution in [0.2, 0.25) is 0 Å². The molecular weight excluding hydrogens is 230 g/mol. The molecule has 0 aliphatic heterocycles. The Morgan fingerprint density at radius 1 is 1.56 bits per heavy atom. The van der Waals surface area contributed by atoms with E-state index < -0.39 is 10.8 Å². The topological polar surface area (TPSA) is 70.3 Å². The average Bonchev–Trinajstić information content (AvgIpc) is 2.27. The third-order valence-corrected chi connectivity index (χ3v) is 2.33. The van der Waals surface area contributed by atoms with Gasteiger partial charge in [-0.15, -0.1) is 0 Å². The molecule has 1 atom stereocenters. The summed E-state index contributed by atoms with van der Waals surface area (Å²) >= 11 is 5.17. The van der Waals surface area contributed by atoms with Crippen LogP contribution in [0.3, 0.4) is 0 Å². The molecule has 0 amide bonds. The predicted octanol–water partition coefficient (Wildman–Crippen LogP) is 1.45. The van der Waals surface area contributed by atoms with Gasteiger partial charge in [0.25, 0.3) is 5.24 Å². The first-order valence-electron chi connectivity index (χ1n) is 4.51. The summed E-state index contributed by atoms with van der Waals surface area (Å²) in [6, 6.07) is 8.27. The zero-order valence-corrected chi connectivity index (χ0v) is 9.36. The number of carbonyl (C=O) groups excluding carboxylic acids is 1. The van der Waals surface area contributed by atoms with Crippen molar-refractivity contribution in [2.75, 3.05) is 6.61 Å². The van der Waals surface area contributed by atoms with Crippen LogP contribution in [-0.4, -0.2) is 22.6 Å². The van der Waals surface area contributed by atoms with Crippen molar-refractivity contribution in [1.29, 1.82) is 5.26 Å². The molecule has 0 saturated heterocycles. The number of hydrogen-bond donors (Lipinski definition) is 1. The van der Waals surface area contributed by atoms with E-state index in [4.69, 9.17) is 21.6 Å². The summed E-state index contributed by atoms with van der Waals surface area (Å²) in [7, 11) is 0. The Morgan fingerprint density at radius 2 is 2.12 bits per heavy atom. The number of hydrogen-bond acceptors (Lipinski definition) is 4. The van der Waals surface area contributed by atoms with Gasteiger partial charge in [0.2, 0.25) is 0 Å². The number of carbonyl (C=O) groups is 1. The van der Waals surface area contributed by atoms with Gasteiger partial charge in [0, 0.05) is 0 Å². The minimum atomic E-state index is -1.71. The van der Waals surface area contributed by atoms with E-state index in [0.717, 1.165) is 0 Å². The summed E-state index contributed by atoms with van der Waals surface area (Å²) in [5.41, 5.74) is -1.21. The molecule has 0 fully saturated rings. The third-order valence-electron chi connectivity index (χ3n) is 1.93. The SMILES string of the molecule is CC(O)(COc1ccc(C#N)cc1)C(=O)Cl. The Kier molecular flexibility index (Phi) is 3.88.